The summed E-state index contributed by atoms with van der Waals surface area (Å²) in [6.45, 7) is 0.755. The van der Waals surface area contributed by atoms with Crippen molar-refractivity contribution in [2.24, 2.45) is 5.73 Å². The molecular weight excluding hydrogens is 355 g/mol. The Balaban J connectivity index is 0.00000243. The molecule has 4 nitrogen and oxygen atoms in total. The van der Waals surface area contributed by atoms with E-state index in [0.717, 1.165) is 36.8 Å². The first-order chi connectivity index (χ1) is 12.0. The molecule has 140 valence electrons. The van der Waals surface area contributed by atoms with Crippen LogP contribution in [0.25, 0.3) is 0 Å². The van der Waals surface area contributed by atoms with E-state index in [4.69, 9.17) is 10.5 Å². The molecule has 0 unspecified atom stereocenters. The van der Waals surface area contributed by atoms with E-state index in [0.29, 0.717) is 18.9 Å². The number of hydrogen-bond donors (Lipinski definition) is 2. The lowest BCUT2D eigenvalue weighted by atomic mass is 9.98. The van der Waals surface area contributed by atoms with Crippen LogP contribution in [0, 0.1) is 5.82 Å². The summed E-state index contributed by atoms with van der Waals surface area (Å²) in [5.41, 5.74) is 7.20. The third kappa shape index (κ3) is 5.19. The van der Waals surface area contributed by atoms with Gasteiger partial charge in [-0.2, -0.15) is 0 Å². The van der Waals surface area contributed by atoms with Crippen molar-refractivity contribution in [3.8, 4) is 5.75 Å². The first-order valence-electron chi connectivity index (χ1n) is 8.59. The Morgan fingerprint density at radius 1 is 1.12 bits per heavy atom. The highest BCUT2D eigenvalue weighted by molar-refractivity contribution is 5.86. The normalized spacial score (nSPS) is 15.2. The number of nitrogens with two attached hydrogens (primary N) is 1. The largest absolute Gasteiger partial charge is 0.489 e. The van der Waals surface area contributed by atoms with Gasteiger partial charge < -0.3 is 15.8 Å². The van der Waals surface area contributed by atoms with Crippen LogP contribution < -0.4 is 15.8 Å². The summed E-state index contributed by atoms with van der Waals surface area (Å²) in [5.74, 6) is 0.356. The van der Waals surface area contributed by atoms with Crippen molar-refractivity contribution in [2.75, 3.05) is 0 Å². The zero-order valence-electron chi connectivity index (χ0n) is 14.5. The molecule has 2 aromatic carbocycles. The van der Waals surface area contributed by atoms with Crippen molar-refractivity contribution in [1.29, 1.82) is 0 Å². The molecule has 0 saturated heterocycles. The van der Waals surface area contributed by atoms with Crippen molar-refractivity contribution < 1.29 is 13.9 Å². The van der Waals surface area contributed by atoms with Crippen LogP contribution >= 0.6 is 12.4 Å². The van der Waals surface area contributed by atoms with Gasteiger partial charge in [0.25, 0.3) is 0 Å². The fraction of sp³-hybridized carbons (Fsp3) is 0.350. The van der Waals surface area contributed by atoms with E-state index >= 15 is 0 Å². The fourth-order valence-corrected chi connectivity index (χ4v) is 3.09. The van der Waals surface area contributed by atoms with Crippen molar-refractivity contribution in [3.63, 3.8) is 0 Å². The number of rotatable bonds is 6. The maximum absolute atomic E-state index is 13.1. The number of benzene rings is 2. The quantitative estimate of drug-likeness (QED) is 0.805. The summed E-state index contributed by atoms with van der Waals surface area (Å²) in [5, 5.41) is 2.92. The molecule has 3 rings (SSSR count). The van der Waals surface area contributed by atoms with E-state index in [-0.39, 0.29) is 24.1 Å². The van der Waals surface area contributed by atoms with E-state index in [1.165, 1.54) is 12.1 Å². The average molecular weight is 379 g/mol. The lowest BCUT2D eigenvalue weighted by Crippen LogP contribution is -2.51. The van der Waals surface area contributed by atoms with Gasteiger partial charge in [0.15, 0.2) is 0 Å². The van der Waals surface area contributed by atoms with E-state index in [9.17, 15) is 9.18 Å². The molecule has 1 saturated carbocycles. The number of nitrogens with one attached hydrogen (secondary N) is 1. The Morgan fingerprint density at radius 2 is 1.81 bits per heavy atom. The number of hydrogen-bond acceptors (Lipinski definition) is 3. The Morgan fingerprint density at radius 3 is 2.46 bits per heavy atom. The second-order valence-electron chi connectivity index (χ2n) is 6.61. The lowest BCUT2D eigenvalue weighted by molar-refractivity contribution is -0.126. The summed E-state index contributed by atoms with van der Waals surface area (Å²) in [7, 11) is 0. The number of amides is 1. The van der Waals surface area contributed by atoms with Crippen LogP contribution in [-0.4, -0.2) is 11.4 Å². The number of carbonyl (C=O) groups excluding carboxylic acids is 1. The van der Waals surface area contributed by atoms with Gasteiger partial charge in [0.1, 0.15) is 18.2 Å². The van der Waals surface area contributed by atoms with Gasteiger partial charge in [0.05, 0.1) is 5.54 Å². The van der Waals surface area contributed by atoms with Crippen LogP contribution in [0.15, 0.2) is 48.5 Å². The van der Waals surface area contributed by atoms with Gasteiger partial charge in [-0.15, -0.1) is 12.4 Å². The molecule has 1 aliphatic rings. The molecule has 3 N–H and O–H groups in total. The minimum Gasteiger partial charge on any atom is -0.489 e. The van der Waals surface area contributed by atoms with Gasteiger partial charge in [-0.25, -0.2) is 4.39 Å². The van der Waals surface area contributed by atoms with Crippen LogP contribution in [0.4, 0.5) is 4.39 Å². The second kappa shape index (κ2) is 9.01. The predicted molar refractivity (Wildman–Crippen MR) is 102 cm³/mol. The minimum atomic E-state index is -0.700. The molecule has 1 aliphatic carbocycles. The SMILES string of the molecule is Cl.NC1(C(=O)NCc2ccc(OCc3cccc(F)c3)cc2)CCCC1. The molecule has 0 aliphatic heterocycles. The number of carbonyl (C=O) groups is 1. The molecule has 0 bridgehead atoms. The van der Waals surface area contributed by atoms with E-state index in [1.54, 1.807) is 6.07 Å². The van der Waals surface area contributed by atoms with Gasteiger partial charge in [-0.3, -0.25) is 4.79 Å². The van der Waals surface area contributed by atoms with Gasteiger partial charge in [0.2, 0.25) is 5.91 Å². The first-order valence-corrected chi connectivity index (χ1v) is 8.59. The average Bonchev–Trinajstić information content (AvgIpc) is 3.07. The third-order valence-electron chi connectivity index (χ3n) is 4.62. The van der Waals surface area contributed by atoms with Crippen LogP contribution in [0.5, 0.6) is 5.75 Å². The highest BCUT2D eigenvalue weighted by Crippen LogP contribution is 2.27. The van der Waals surface area contributed by atoms with Crippen LogP contribution in [0.2, 0.25) is 0 Å². The smallest absolute Gasteiger partial charge is 0.240 e. The Hall–Kier alpha value is -2.11. The molecule has 0 radical (unpaired) electrons. The van der Waals surface area contributed by atoms with Gasteiger partial charge >= 0.3 is 0 Å². The Kier molecular flexibility index (Phi) is 7.00. The fourth-order valence-electron chi connectivity index (χ4n) is 3.09. The number of halogens is 2. The zero-order valence-corrected chi connectivity index (χ0v) is 15.4. The summed E-state index contributed by atoms with van der Waals surface area (Å²) < 4.78 is 18.8. The predicted octanol–water partition coefficient (Wildman–Crippen LogP) is 3.71. The highest BCUT2D eigenvalue weighted by atomic mass is 35.5. The van der Waals surface area contributed by atoms with Gasteiger partial charge in [-0.1, -0.05) is 37.1 Å². The minimum absolute atomic E-state index is 0. The molecular formula is C20H24ClFN2O2. The van der Waals surface area contributed by atoms with E-state index < -0.39 is 5.54 Å². The summed E-state index contributed by atoms with van der Waals surface area (Å²) >= 11 is 0. The van der Waals surface area contributed by atoms with Crippen LogP contribution in [0.1, 0.15) is 36.8 Å². The Labute approximate surface area is 159 Å². The van der Waals surface area contributed by atoms with Gasteiger partial charge in [0, 0.05) is 6.54 Å². The summed E-state index contributed by atoms with van der Waals surface area (Å²) in [4.78, 5) is 12.2. The lowest BCUT2D eigenvalue weighted by Gasteiger charge is -2.22. The monoisotopic (exact) mass is 378 g/mol. The maximum atomic E-state index is 13.1. The standard InChI is InChI=1S/C20H23FN2O2.ClH/c21-17-5-3-4-16(12-17)14-25-18-8-6-15(7-9-18)13-23-19(24)20(22)10-1-2-11-20;/h3-9,12H,1-2,10-11,13-14,22H2,(H,23,24);1H. The summed E-state index contributed by atoms with van der Waals surface area (Å²) in [6.07, 6.45) is 3.54. The molecule has 0 aromatic heterocycles. The summed E-state index contributed by atoms with van der Waals surface area (Å²) in [6, 6.07) is 13.8. The molecule has 1 fully saturated rings. The number of ether oxygens (including phenoxy) is 1. The van der Waals surface area contributed by atoms with Gasteiger partial charge in [-0.05, 0) is 48.2 Å². The molecule has 26 heavy (non-hydrogen) atoms. The van der Waals surface area contributed by atoms with E-state index in [2.05, 4.69) is 5.32 Å². The topological polar surface area (TPSA) is 64.4 Å². The molecule has 6 heteroatoms. The van der Waals surface area contributed by atoms with E-state index in [1.807, 2.05) is 30.3 Å². The molecule has 0 spiro atoms. The molecule has 2 aromatic rings. The third-order valence-corrected chi connectivity index (χ3v) is 4.62. The van der Waals surface area contributed by atoms with Crippen molar-refractivity contribution in [1.82, 2.24) is 5.32 Å². The molecule has 0 heterocycles. The first kappa shape index (κ1) is 20.2. The highest BCUT2D eigenvalue weighted by Gasteiger charge is 2.36. The van der Waals surface area contributed by atoms with Crippen molar-refractivity contribution in [2.45, 2.75) is 44.4 Å². The molecule has 1 amide bonds. The Bertz CT molecular complexity index is 731. The maximum Gasteiger partial charge on any atom is 0.240 e. The van der Waals surface area contributed by atoms with Crippen LogP contribution in [0.3, 0.4) is 0 Å². The zero-order chi connectivity index (χ0) is 17.7. The molecule has 0 atom stereocenters. The van der Waals surface area contributed by atoms with Crippen molar-refractivity contribution in [3.05, 3.63) is 65.5 Å². The van der Waals surface area contributed by atoms with Crippen molar-refractivity contribution >= 4 is 18.3 Å². The van der Waals surface area contributed by atoms with Crippen LogP contribution in [-0.2, 0) is 17.9 Å². The second-order valence-corrected chi connectivity index (χ2v) is 6.61.